The number of aliphatic hydroxyl groups is 1. The Hall–Kier alpha value is -0.860. The van der Waals surface area contributed by atoms with E-state index in [1.807, 2.05) is 6.07 Å². The van der Waals surface area contributed by atoms with Gasteiger partial charge in [0, 0.05) is 18.5 Å². The molecule has 1 aliphatic heterocycles. The average molecular weight is 203 g/mol. The normalized spacial score (nSPS) is 19.9. The molecule has 0 aromatic heterocycles. The maximum Gasteiger partial charge on any atom is 0.0967 e. The van der Waals surface area contributed by atoms with Crippen molar-refractivity contribution in [2.75, 3.05) is 19.7 Å². The number of β-amino-alcohol motifs (C(OH)–C–C–N with tert-alkyl or cyclic N) is 1. The molecule has 2 radical (unpaired) electrons. The first-order chi connectivity index (χ1) is 7.13. The molecule has 1 aliphatic rings. The van der Waals surface area contributed by atoms with Gasteiger partial charge in [-0.3, -0.25) is 4.90 Å². The second kappa shape index (κ2) is 3.95. The van der Waals surface area contributed by atoms with Gasteiger partial charge in [0.1, 0.15) is 0 Å². The smallest absolute Gasteiger partial charge is 0.0967 e. The molecule has 1 heterocycles. The summed E-state index contributed by atoms with van der Waals surface area (Å²) < 4.78 is 0. The van der Waals surface area contributed by atoms with Crippen molar-refractivity contribution in [2.24, 2.45) is 0 Å². The van der Waals surface area contributed by atoms with E-state index >= 15 is 0 Å². The van der Waals surface area contributed by atoms with E-state index in [4.69, 9.17) is 5.11 Å². The van der Waals surface area contributed by atoms with E-state index in [0.717, 1.165) is 12.1 Å². The number of fused-ring (bicyclic) bond motifs is 1. The number of aliphatic hydroxyl groups excluding tert-OH is 1. The Labute approximate surface area is 91.5 Å². The highest BCUT2D eigenvalue weighted by atomic mass is 16.3. The van der Waals surface area contributed by atoms with Gasteiger partial charge >= 0.3 is 0 Å². The maximum atomic E-state index is 8.96. The highest BCUT2D eigenvalue weighted by molar-refractivity contribution is 5.40. The van der Waals surface area contributed by atoms with Crippen LogP contribution in [0, 0.1) is 6.54 Å². The number of benzene rings is 1. The van der Waals surface area contributed by atoms with E-state index in [9.17, 15) is 0 Å². The van der Waals surface area contributed by atoms with E-state index in [1.54, 1.807) is 0 Å². The van der Waals surface area contributed by atoms with E-state index in [1.165, 1.54) is 5.56 Å². The largest absolute Gasteiger partial charge is 0.395 e. The van der Waals surface area contributed by atoms with E-state index in [2.05, 4.69) is 43.5 Å². The second-order valence-corrected chi connectivity index (χ2v) is 4.69. The first-order valence-corrected chi connectivity index (χ1v) is 5.35. The van der Waals surface area contributed by atoms with Crippen LogP contribution in [0.2, 0.25) is 0 Å². The zero-order valence-electron chi connectivity index (χ0n) is 9.33. The minimum Gasteiger partial charge on any atom is -0.395 e. The molecule has 2 nitrogen and oxygen atoms in total. The van der Waals surface area contributed by atoms with Gasteiger partial charge in [0.15, 0.2) is 0 Å². The van der Waals surface area contributed by atoms with Crippen LogP contribution >= 0.6 is 0 Å². The summed E-state index contributed by atoms with van der Waals surface area (Å²) in [6.45, 7) is 9.56. The minimum atomic E-state index is 0.136. The Balaban J connectivity index is 2.31. The molecule has 0 saturated heterocycles. The van der Waals surface area contributed by atoms with Crippen molar-refractivity contribution in [2.45, 2.75) is 19.3 Å². The fourth-order valence-electron chi connectivity index (χ4n) is 2.20. The number of nitrogens with zero attached hydrogens (tertiary/aromatic N) is 1. The second-order valence-electron chi connectivity index (χ2n) is 4.69. The van der Waals surface area contributed by atoms with Crippen LogP contribution in [0.3, 0.4) is 0 Å². The summed E-state index contributed by atoms with van der Waals surface area (Å²) in [6.07, 6.45) is 0. The van der Waals surface area contributed by atoms with Gasteiger partial charge < -0.3 is 5.11 Å². The number of rotatable bonds is 2. The van der Waals surface area contributed by atoms with Crippen molar-refractivity contribution in [1.29, 1.82) is 0 Å². The lowest BCUT2D eigenvalue weighted by Crippen LogP contribution is -2.42. The fraction of sp³-hybridized carbons (Fsp3) is 0.462. The molecule has 1 N–H and O–H groups in total. The van der Waals surface area contributed by atoms with Gasteiger partial charge in [0.2, 0.25) is 0 Å². The predicted octanol–water partition coefficient (Wildman–Crippen LogP) is 1.66. The Morgan fingerprint density at radius 3 is 2.87 bits per heavy atom. The van der Waals surface area contributed by atoms with Crippen LogP contribution in [-0.2, 0) is 5.41 Å². The lowest BCUT2D eigenvalue weighted by atomic mass is 9.78. The van der Waals surface area contributed by atoms with Gasteiger partial charge in [-0.1, -0.05) is 38.1 Å². The summed E-state index contributed by atoms with van der Waals surface area (Å²) in [7, 11) is 0. The van der Waals surface area contributed by atoms with Crippen LogP contribution in [0.5, 0.6) is 0 Å². The van der Waals surface area contributed by atoms with Crippen LogP contribution in [0.15, 0.2) is 24.3 Å². The molecule has 0 bridgehead atoms. The summed E-state index contributed by atoms with van der Waals surface area (Å²) in [4.78, 5) is 2.07. The van der Waals surface area contributed by atoms with Gasteiger partial charge in [0.05, 0.1) is 13.2 Å². The molecule has 2 heteroatoms. The minimum absolute atomic E-state index is 0.136. The number of hydrogen-bond donors (Lipinski definition) is 1. The van der Waals surface area contributed by atoms with Gasteiger partial charge in [-0.2, -0.15) is 0 Å². The molecule has 1 aromatic rings. The quantitative estimate of drug-likeness (QED) is 0.790. The third kappa shape index (κ3) is 2.06. The SMILES string of the molecule is CC1(C)CN(CCO)[C]c2ccccc21. The molecule has 0 fully saturated rings. The standard InChI is InChI=1S/C13H17NO/c1-13(2)10-14(7-8-15)9-11-5-3-4-6-12(11)13/h3-6,15H,7-8,10H2,1-2H3. The van der Waals surface area contributed by atoms with Crippen molar-refractivity contribution in [3.8, 4) is 0 Å². The molecule has 80 valence electrons. The third-order valence-electron chi connectivity index (χ3n) is 2.89. The van der Waals surface area contributed by atoms with E-state index < -0.39 is 0 Å². The van der Waals surface area contributed by atoms with Crippen molar-refractivity contribution < 1.29 is 5.11 Å². The van der Waals surface area contributed by atoms with Crippen molar-refractivity contribution >= 4 is 0 Å². The molecule has 0 aliphatic carbocycles. The van der Waals surface area contributed by atoms with Gasteiger partial charge in [-0.25, -0.2) is 0 Å². The summed E-state index contributed by atoms with van der Waals surface area (Å²) in [5, 5.41) is 8.96. The first kappa shape index (κ1) is 10.7. The maximum absolute atomic E-state index is 8.96. The van der Waals surface area contributed by atoms with E-state index in [-0.39, 0.29) is 12.0 Å². The molecule has 0 atom stereocenters. The molecule has 1 aromatic carbocycles. The van der Waals surface area contributed by atoms with Crippen LogP contribution in [0.4, 0.5) is 0 Å². The fourth-order valence-corrected chi connectivity index (χ4v) is 2.20. The molecule has 2 rings (SSSR count). The van der Waals surface area contributed by atoms with Gasteiger partial charge in [-0.15, -0.1) is 0 Å². The molecule has 0 unspecified atom stereocenters. The van der Waals surface area contributed by atoms with Crippen LogP contribution in [0.25, 0.3) is 0 Å². The zero-order chi connectivity index (χ0) is 10.9. The molecular weight excluding hydrogens is 186 g/mol. The molecular formula is C13H17NO. The van der Waals surface area contributed by atoms with Gasteiger partial charge in [0.25, 0.3) is 0 Å². The molecule has 0 spiro atoms. The average Bonchev–Trinajstić information content (AvgIpc) is 2.17. The third-order valence-corrected chi connectivity index (χ3v) is 2.89. The summed E-state index contributed by atoms with van der Waals surface area (Å²) in [5.74, 6) is 0. The van der Waals surface area contributed by atoms with Gasteiger partial charge in [-0.05, 0) is 11.1 Å². The lowest BCUT2D eigenvalue weighted by Gasteiger charge is -2.38. The van der Waals surface area contributed by atoms with Crippen LogP contribution in [0.1, 0.15) is 25.0 Å². The van der Waals surface area contributed by atoms with Crippen LogP contribution in [-0.4, -0.2) is 29.7 Å². The highest BCUT2D eigenvalue weighted by Gasteiger charge is 2.31. The molecule has 15 heavy (non-hydrogen) atoms. The Bertz CT molecular complexity index is 346. The van der Waals surface area contributed by atoms with Crippen LogP contribution < -0.4 is 0 Å². The van der Waals surface area contributed by atoms with Crippen molar-refractivity contribution in [3.63, 3.8) is 0 Å². The Kier molecular flexibility index (Phi) is 2.81. The van der Waals surface area contributed by atoms with E-state index in [0.29, 0.717) is 6.54 Å². The number of hydrogen-bond acceptors (Lipinski definition) is 2. The molecule has 0 amide bonds. The summed E-state index contributed by atoms with van der Waals surface area (Å²) in [6, 6.07) is 8.35. The summed E-state index contributed by atoms with van der Waals surface area (Å²) in [5.41, 5.74) is 2.64. The first-order valence-electron chi connectivity index (χ1n) is 5.35. The molecule has 0 saturated carbocycles. The monoisotopic (exact) mass is 203 g/mol. The predicted molar refractivity (Wildman–Crippen MR) is 60.5 cm³/mol. The highest BCUT2D eigenvalue weighted by Crippen LogP contribution is 2.33. The van der Waals surface area contributed by atoms with Crippen molar-refractivity contribution in [3.05, 3.63) is 41.9 Å². The Morgan fingerprint density at radius 1 is 1.40 bits per heavy atom. The van der Waals surface area contributed by atoms with Crippen molar-refractivity contribution in [1.82, 2.24) is 4.90 Å². The lowest BCUT2D eigenvalue weighted by molar-refractivity contribution is 0.194. The topological polar surface area (TPSA) is 23.5 Å². The Morgan fingerprint density at radius 2 is 2.13 bits per heavy atom. The summed E-state index contributed by atoms with van der Waals surface area (Å²) >= 11 is 0. The zero-order valence-corrected chi connectivity index (χ0v) is 9.33.